The molecule has 0 atom stereocenters. The van der Waals surface area contributed by atoms with E-state index in [0.717, 1.165) is 0 Å². The minimum atomic E-state index is -0.264. The third kappa shape index (κ3) is 8.60. The molecule has 0 unspecified atom stereocenters. The molecule has 2 rings (SSSR count). The second-order valence-electron chi connectivity index (χ2n) is 12.8. The third-order valence-corrected chi connectivity index (χ3v) is 14.6. The number of halogens is 1. The van der Waals surface area contributed by atoms with Crippen LogP contribution in [-0.2, 0) is 10.8 Å². The number of rotatable bonds is 2. The Morgan fingerprint density at radius 2 is 1.06 bits per heavy atom. The first-order valence-corrected chi connectivity index (χ1v) is 15.4. The fourth-order valence-corrected chi connectivity index (χ4v) is 9.12. The van der Waals surface area contributed by atoms with E-state index in [2.05, 4.69) is 126 Å². The summed E-state index contributed by atoms with van der Waals surface area (Å²) in [4.78, 5) is 0. The van der Waals surface area contributed by atoms with E-state index in [9.17, 15) is 0 Å². The van der Waals surface area contributed by atoms with Crippen molar-refractivity contribution in [3.8, 4) is 0 Å². The molecule has 0 saturated carbocycles. The van der Waals surface area contributed by atoms with Crippen molar-refractivity contribution in [2.75, 3.05) is 0 Å². The molecule has 0 amide bonds. The zero-order valence-electron chi connectivity index (χ0n) is 22.2. The van der Waals surface area contributed by atoms with Crippen LogP contribution < -0.4 is 12.4 Å². The van der Waals surface area contributed by atoms with Gasteiger partial charge in [0.1, 0.15) is 0 Å². The predicted octanol–water partition coefficient (Wildman–Crippen LogP) is 5.14. The summed E-state index contributed by atoms with van der Waals surface area (Å²) in [7, 11) is 0. The Balaban J connectivity index is 0.00000512. The van der Waals surface area contributed by atoms with Crippen LogP contribution in [0.5, 0.6) is 0 Å². The van der Waals surface area contributed by atoms with E-state index in [4.69, 9.17) is 0 Å². The maximum Gasteiger partial charge on any atom is -1.00 e. The first-order valence-electron chi connectivity index (χ1n) is 11.4. The van der Waals surface area contributed by atoms with Gasteiger partial charge in [0, 0.05) is 0 Å². The summed E-state index contributed by atoms with van der Waals surface area (Å²) in [5, 5.41) is 0. The zero-order valence-corrected chi connectivity index (χ0v) is 27.0. The van der Waals surface area contributed by atoms with Gasteiger partial charge in [0.2, 0.25) is 0 Å². The zero-order chi connectivity index (χ0) is 23.8. The second kappa shape index (κ2) is 10.7. The van der Waals surface area contributed by atoms with Crippen LogP contribution in [0.1, 0.15) is 97.5 Å². The van der Waals surface area contributed by atoms with Gasteiger partial charge in [-0.2, -0.15) is 0 Å². The molecule has 0 spiro atoms. The molecule has 3 heteroatoms. The average molecular weight is 634 g/mol. The number of hydrogen-bond donors (Lipinski definition) is 0. The topological polar surface area (TPSA) is 0 Å². The molecule has 0 fully saturated rings. The maximum atomic E-state index is 2.46. The number of allylic oxidation sites excluding steroid dienone is 7. The van der Waals surface area contributed by atoms with Crippen molar-refractivity contribution in [2.24, 2.45) is 10.8 Å². The van der Waals surface area contributed by atoms with Gasteiger partial charge in [-0.1, -0.05) is 0 Å². The van der Waals surface area contributed by atoms with E-state index in [1.165, 1.54) is 11.1 Å². The first-order chi connectivity index (χ1) is 13.9. The predicted molar refractivity (Wildman–Crippen MR) is 143 cm³/mol. The molecule has 0 radical (unpaired) electrons. The smallest absolute Gasteiger partial charge is 1.00 e. The molecular formula is C29H43ClSeTe. The summed E-state index contributed by atoms with van der Waals surface area (Å²) < 4.78 is 6.49. The largest absolute Gasteiger partial charge is 1.00 e. The van der Waals surface area contributed by atoms with Crippen molar-refractivity contribution in [2.45, 2.75) is 93.9 Å². The standard InChI is InChI=1S/C29H43SeTe.ClH/c1-26(2,3)22-16-20(17-23(30-22)27(4,5)6)14-13-15-21-18-24(28(7,8)9)31-25(19-21)29(10,11)12;/h13-19H,1-12H3;1H/q+1;/p-1. The normalized spacial score (nSPS) is 15.9. The summed E-state index contributed by atoms with van der Waals surface area (Å²) in [5.41, 5.74) is 3.65. The minimum absolute atomic E-state index is 0. The Labute approximate surface area is 221 Å². The first kappa shape index (κ1) is 29.9. The van der Waals surface area contributed by atoms with Crippen molar-refractivity contribution in [1.29, 1.82) is 0 Å². The Bertz CT molecular complexity index is 869. The molecule has 0 saturated heterocycles. The molecular weight excluding hydrogens is 590 g/mol. The van der Waals surface area contributed by atoms with Gasteiger partial charge in [-0.15, -0.1) is 0 Å². The summed E-state index contributed by atoms with van der Waals surface area (Å²) in [6, 6.07) is 4.87. The van der Waals surface area contributed by atoms with Gasteiger partial charge in [0.25, 0.3) is 0 Å². The molecule has 178 valence electrons. The summed E-state index contributed by atoms with van der Waals surface area (Å²) in [5.74, 6) is 0. The molecule has 1 aliphatic rings. The fraction of sp³-hybridized carbons (Fsp3) is 0.552. The van der Waals surface area contributed by atoms with Gasteiger partial charge in [-0.3, -0.25) is 0 Å². The molecule has 0 bridgehead atoms. The quantitative estimate of drug-likeness (QED) is 0.396. The van der Waals surface area contributed by atoms with Crippen LogP contribution in [0.4, 0.5) is 0 Å². The van der Waals surface area contributed by atoms with Crippen LogP contribution >= 0.6 is 0 Å². The van der Waals surface area contributed by atoms with E-state index in [0.29, 0.717) is 14.5 Å². The van der Waals surface area contributed by atoms with E-state index in [-0.39, 0.29) is 55.0 Å². The van der Waals surface area contributed by atoms with Gasteiger partial charge >= 0.3 is 210 Å². The third-order valence-electron chi connectivity index (χ3n) is 5.17. The van der Waals surface area contributed by atoms with Crippen LogP contribution in [0.3, 0.4) is 0 Å². The SMILES string of the molecule is CC(C)(C)C1=CC(=CC=Cc2cc(C(C)(C)C)[se+]c(C(C)(C)C)c2)C=C(C(C)(C)C)[Te]1.[Cl-]. The summed E-state index contributed by atoms with van der Waals surface area (Å²) >= 11 is 0.175. The van der Waals surface area contributed by atoms with Crippen molar-refractivity contribution < 1.29 is 12.4 Å². The Hall–Kier alpha value is -0.0909. The van der Waals surface area contributed by atoms with Crippen molar-refractivity contribution in [3.63, 3.8) is 0 Å². The van der Waals surface area contributed by atoms with E-state index >= 15 is 0 Å². The molecule has 0 aliphatic carbocycles. The van der Waals surface area contributed by atoms with Crippen LogP contribution in [-0.4, -0.2) is 35.4 Å². The number of hydrogen-bond acceptors (Lipinski definition) is 0. The van der Waals surface area contributed by atoms with Gasteiger partial charge in [0.15, 0.2) is 0 Å². The Morgan fingerprint density at radius 3 is 1.41 bits per heavy atom. The molecule has 1 aromatic rings. The van der Waals surface area contributed by atoms with Crippen LogP contribution in [0, 0.1) is 10.8 Å². The van der Waals surface area contributed by atoms with Crippen LogP contribution in [0.25, 0.3) is 6.08 Å². The second-order valence-corrected chi connectivity index (χ2v) is 18.1. The monoisotopic (exact) mass is 636 g/mol. The molecule has 1 aromatic heterocycles. The van der Waals surface area contributed by atoms with Crippen LogP contribution in [0.2, 0.25) is 0 Å². The maximum absolute atomic E-state index is 2.46. The van der Waals surface area contributed by atoms with E-state index < -0.39 is 0 Å². The summed E-state index contributed by atoms with van der Waals surface area (Å²) in [6.45, 7) is 28.2. The van der Waals surface area contributed by atoms with Gasteiger partial charge in [-0.05, 0) is 0 Å². The Morgan fingerprint density at radius 1 is 0.656 bits per heavy atom. The van der Waals surface area contributed by atoms with Crippen molar-refractivity contribution >= 4 is 41.5 Å². The minimum Gasteiger partial charge on any atom is -1.00 e. The van der Waals surface area contributed by atoms with Crippen LogP contribution in [0.15, 0.2) is 49.3 Å². The Kier molecular flexibility index (Phi) is 9.98. The van der Waals surface area contributed by atoms with Crippen molar-refractivity contribution in [3.05, 3.63) is 63.7 Å². The van der Waals surface area contributed by atoms with Gasteiger partial charge in [-0.25, -0.2) is 0 Å². The molecule has 0 N–H and O–H groups in total. The molecule has 32 heavy (non-hydrogen) atoms. The summed E-state index contributed by atoms with van der Waals surface area (Å²) in [6.07, 6.45) is 11.8. The van der Waals surface area contributed by atoms with E-state index in [1.807, 2.05) is 0 Å². The average Bonchev–Trinajstić information content (AvgIpc) is 2.58. The van der Waals surface area contributed by atoms with Gasteiger partial charge < -0.3 is 12.4 Å². The fourth-order valence-electron chi connectivity index (χ4n) is 2.98. The van der Waals surface area contributed by atoms with E-state index in [1.54, 1.807) is 16.1 Å². The molecule has 2 heterocycles. The molecule has 0 aromatic carbocycles. The van der Waals surface area contributed by atoms with Crippen molar-refractivity contribution in [1.82, 2.24) is 0 Å². The molecule has 0 nitrogen and oxygen atoms in total. The molecule has 1 aliphatic heterocycles. The van der Waals surface area contributed by atoms with Gasteiger partial charge in [0.05, 0.1) is 0 Å².